The lowest BCUT2D eigenvalue weighted by Crippen LogP contribution is -2.20. The molecule has 0 fully saturated rings. The molecule has 2 nitrogen and oxygen atoms in total. The summed E-state index contributed by atoms with van der Waals surface area (Å²) in [6.45, 7) is 0. The molecule has 0 amide bonds. The van der Waals surface area contributed by atoms with Crippen molar-refractivity contribution in [2.75, 3.05) is 7.05 Å². The predicted molar refractivity (Wildman–Crippen MR) is 56.7 cm³/mol. The second-order valence-electron chi connectivity index (χ2n) is 2.47. The third-order valence-electron chi connectivity index (χ3n) is 1.63. The molecule has 0 aliphatic heterocycles. The van der Waals surface area contributed by atoms with Gasteiger partial charge in [0.25, 0.3) is 0 Å². The molecule has 0 spiro atoms. The maximum absolute atomic E-state index is 13.3. The average molecular weight is 256 g/mol. The Hall–Kier alpha value is -0.320. The smallest absolute Gasteiger partial charge is 0.239 e. The Morgan fingerprint density at radius 2 is 1.86 bits per heavy atom. The topological polar surface area (TPSA) is 29.4 Å². The Balaban J connectivity index is 3.40. The molecule has 0 bridgehead atoms. The van der Waals surface area contributed by atoms with Gasteiger partial charge in [0.2, 0.25) is 0 Å². The monoisotopic (exact) mass is 255 g/mol. The largest absolute Gasteiger partial charge is 0.344 e. The summed E-state index contributed by atoms with van der Waals surface area (Å²) < 4.78 is 25.8. The van der Waals surface area contributed by atoms with Crippen LogP contribution in [0, 0.1) is 0 Å². The van der Waals surface area contributed by atoms with Gasteiger partial charge in [-0.3, -0.25) is 0 Å². The lowest BCUT2D eigenvalue weighted by atomic mass is 10.4. The lowest BCUT2D eigenvalue weighted by Gasteiger charge is -2.15. The Bertz CT molecular complexity index is 421. The van der Waals surface area contributed by atoms with Gasteiger partial charge >= 0.3 is 3.92 Å². The van der Waals surface area contributed by atoms with Crippen molar-refractivity contribution in [3.8, 4) is 0 Å². The van der Waals surface area contributed by atoms with Crippen molar-refractivity contribution in [3.63, 3.8) is 0 Å². The van der Waals surface area contributed by atoms with Gasteiger partial charge in [-0.15, -0.1) is 0 Å². The highest BCUT2D eigenvalue weighted by Gasteiger charge is 2.38. The van der Waals surface area contributed by atoms with Crippen LogP contribution in [0.25, 0.3) is 0 Å². The van der Waals surface area contributed by atoms with E-state index in [2.05, 4.69) is 4.36 Å². The zero-order valence-corrected chi connectivity index (χ0v) is 9.61. The Morgan fingerprint density at radius 1 is 1.36 bits per heavy atom. The van der Waals surface area contributed by atoms with Crippen LogP contribution in [0.1, 0.15) is 0 Å². The minimum atomic E-state index is -3.43. The average Bonchev–Trinajstić information content (AvgIpc) is 2.16. The van der Waals surface area contributed by atoms with Crippen molar-refractivity contribution >= 4 is 32.9 Å². The summed E-state index contributed by atoms with van der Waals surface area (Å²) in [4.78, 5) is 0.176. The molecule has 1 aromatic carbocycles. The first-order valence-corrected chi connectivity index (χ1v) is 5.95. The molecule has 1 aromatic rings. The molecule has 0 aliphatic rings. The minimum absolute atomic E-state index is 0.176. The summed E-state index contributed by atoms with van der Waals surface area (Å²) in [6, 6.07) is 7.86. The molecule has 1 unspecified atom stereocenters. The van der Waals surface area contributed by atoms with Gasteiger partial charge in [-0.25, -0.2) is 8.57 Å². The third-order valence-corrected chi connectivity index (χ3v) is 4.94. The summed E-state index contributed by atoms with van der Waals surface area (Å²) in [5.74, 6) is 0. The van der Waals surface area contributed by atoms with Gasteiger partial charge in [-0.1, -0.05) is 18.2 Å². The van der Waals surface area contributed by atoms with E-state index in [4.69, 9.17) is 23.2 Å². The molecule has 0 N–H and O–H groups in total. The van der Waals surface area contributed by atoms with Crippen LogP contribution < -0.4 is 0 Å². The zero-order valence-electron chi connectivity index (χ0n) is 7.28. The second-order valence-corrected chi connectivity index (χ2v) is 6.60. The van der Waals surface area contributed by atoms with Gasteiger partial charge in [0, 0.05) is 7.05 Å². The Labute approximate surface area is 92.2 Å². The number of alkyl halides is 3. The van der Waals surface area contributed by atoms with Crippen molar-refractivity contribution in [2.45, 2.75) is 8.81 Å². The van der Waals surface area contributed by atoms with E-state index < -0.39 is 13.6 Å². The van der Waals surface area contributed by atoms with E-state index in [1.807, 2.05) is 0 Å². The fourth-order valence-electron chi connectivity index (χ4n) is 0.947. The van der Waals surface area contributed by atoms with E-state index in [1.165, 1.54) is 19.2 Å². The van der Waals surface area contributed by atoms with Crippen LogP contribution in [-0.4, -0.2) is 15.2 Å². The molecule has 0 saturated carbocycles. The molecule has 6 heteroatoms. The molecule has 14 heavy (non-hydrogen) atoms. The highest BCUT2D eigenvalue weighted by atomic mass is 35.5. The normalized spacial score (nSPS) is 16.0. The van der Waals surface area contributed by atoms with Crippen LogP contribution in [-0.2, 0) is 9.73 Å². The van der Waals surface area contributed by atoms with Gasteiger partial charge in [0.1, 0.15) is 9.73 Å². The number of hydrogen-bond acceptors (Lipinski definition) is 2. The van der Waals surface area contributed by atoms with Gasteiger partial charge in [-0.05, 0) is 35.3 Å². The first kappa shape index (κ1) is 11.8. The fourth-order valence-corrected chi connectivity index (χ4v) is 3.11. The van der Waals surface area contributed by atoms with Crippen molar-refractivity contribution in [1.29, 1.82) is 0 Å². The van der Waals surface area contributed by atoms with E-state index in [0.29, 0.717) is 0 Å². The first-order valence-electron chi connectivity index (χ1n) is 3.68. The van der Waals surface area contributed by atoms with E-state index in [-0.39, 0.29) is 4.90 Å². The maximum Gasteiger partial charge on any atom is 0.344 e. The first-order chi connectivity index (χ1) is 6.42. The molecule has 0 heterocycles. The van der Waals surface area contributed by atoms with E-state index in [1.54, 1.807) is 18.2 Å². The third kappa shape index (κ3) is 2.02. The van der Waals surface area contributed by atoms with E-state index >= 15 is 0 Å². The van der Waals surface area contributed by atoms with E-state index in [9.17, 15) is 8.60 Å². The van der Waals surface area contributed by atoms with Crippen molar-refractivity contribution in [1.82, 2.24) is 0 Å². The van der Waals surface area contributed by atoms with Gasteiger partial charge < -0.3 is 0 Å². The number of nitrogens with zero attached hydrogens (tertiary/aromatic N) is 1. The lowest BCUT2D eigenvalue weighted by molar-refractivity contribution is 0.493. The number of rotatable bonds is 2. The summed E-state index contributed by atoms with van der Waals surface area (Å²) in [7, 11) is -2.22. The quantitative estimate of drug-likeness (QED) is 0.747. The van der Waals surface area contributed by atoms with Crippen LogP contribution in [0.15, 0.2) is 39.6 Å². The van der Waals surface area contributed by atoms with Gasteiger partial charge in [0.05, 0.1) is 4.90 Å². The molecule has 0 saturated heterocycles. The molecule has 0 aromatic heterocycles. The Kier molecular flexibility index (Phi) is 3.40. The van der Waals surface area contributed by atoms with Crippen LogP contribution in [0.3, 0.4) is 0 Å². The van der Waals surface area contributed by atoms with Crippen LogP contribution in [0.4, 0.5) is 4.39 Å². The van der Waals surface area contributed by atoms with E-state index in [0.717, 1.165) is 0 Å². The fraction of sp³-hybridized carbons (Fsp3) is 0.250. The van der Waals surface area contributed by atoms with Crippen molar-refractivity contribution in [3.05, 3.63) is 30.3 Å². The summed E-state index contributed by atoms with van der Waals surface area (Å²) >= 11 is 10.4. The zero-order chi connectivity index (χ0) is 10.8. The second kappa shape index (κ2) is 4.04. The predicted octanol–water partition coefficient (Wildman–Crippen LogP) is 3.20. The van der Waals surface area contributed by atoms with Gasteiger partial charge in [-0.2, -0.15) is 4.39 Å². The summed E-state index contributed by atoms with van der Waals surface area (Å²) in [5.41, 5.74) is 0. The SMILES string of the molecule is CN=S(=O)(c1ccccc1)C(F)(Cl)Cl. The number of halogens is 3. The maximum atomic E-state index is 13.3. The highest BCUT2D eigenvalue weighted by Crippen LogP contribution is 2.36. The molecule has 0 aliphatic carbocycles. The molecular weight excluding hydrogens is 248 g/mol. The van der Waals surface area contributed by atoms with Crippen molar-refractivity contribution in [2.24, 2.45) is 4.36 Å². The molecule has 78 valence electrons. The summed E-state index contributed by atoms with van der Waals surface area (Å²) in [5, 5.41) is 0. The number of hydrogen-bond donors (Lipinski definition) is 0. The summed E-state index contributed by atoms with van der Waals surface area (Å²) in [6.07, 6.45) is 0. The molecule has 1 atom stereocenters. The molecular formula is C8H8Cl2FNOS. The minimum Gasteiger partial charge on any atom is -0.239 e. The standard InChI is InChI=1S/C8H8Cl2FNOS/c1-12-14(13,8(9,10)11)7-5-3-2-4-6-7/h2-6H,1H3. The van der Waals surface area contributed by atoms with Crippen LogP contribution >= 0.6 is 23.2 Å². The Morgan fingerprint density at radius 3 is 2.21 bits per heavy atom. The van der Waals surface area contributed by atoms with Crippen LogP contribution in [0.2, 0.25) is 0 Å². The van der Waals surface area contributed by atoms with Crippen LogP contribution in [0.5, 0.6) is 0 Å². The number of benzene rings is 1. The molecule has 1 rings (SSSR count). The molecule has 0 radical (unpaired) electrons. The highest BCUT2D eigenvalue weighted by molar-refractivity contribution is 7.97. The van der Waals surface area contributed by atoms with Gasteiger partial charge in [0.15, 0.2) is 0 Å². The van der Waals surface area contributed by atoms with Crippen molar-refractivity contribution < 1.29 is 8.60 Å².